The van der Waals surface area contributed by atoms with E-state index in [0.29, 0.717) is 25.2 Å². The van der Waals surface area contributed by atoms with Crippen molar-refractivity contribution in [1.82, 2.24) is 4.90 Å². The van der Waals surface area contributed by atoms with E-state index in [1.54, 1.807) is 13.0 Å². The number of hydrogen-bond acceptors (Lipinski definition) is 4. The van der Waals surface area contributed by atoms with Gasteiger partial charge < -0.3 is 14.6 Å². The number of hydrogen-bond donors (Lipinski definition) is 1. The molecule has 5 nitrogen and oxygen atoms in total. The molecule has 134 valence electrons. The maximum Gasteiger partial charge on any atom is 0.338 e. The molecule has 1 amide bonds. The lowest BCUT2D eigenvalue weighted by molar-refractivity contribution is -0.129. The molecule has 0 spiro atoms. The molecule has 0 bridgehead atoms. The van der Waals surface area contributed by atoms with Gasteiger partial charge in [0.1, 0.15) is 5.58 Å². The van der Waals surface area contributed by atoms with Crippen LogP contribution in [0.3, 0.4) is 0 Å². The van der Waals surface area contributed by atoms with Crippen molar-refractivity contribution in [2.24, 2.45) is 0 Å². The summed E-state index contributed by atoms with van der Waals surface area (Å²) in [7, 11) is 0. The van der Waals surface area contributed by atoms with E-state index in [0.717, 1.165) is 23.1 Å². The Bertz CT molecular complexity index is 935. The summed E-state index contributed by atoms with van der Waals surface area (Å²) in [6.45, 7) is 3.50. The minimum atomic E-state index is -0.374. The molecule has 0 fully saturated rings. The molecule has 1 N–H and O–H groups in total. The highest BCUT2D eigenvalue weighted by Crippen LogP contribution is 2.20. The van der Waals surface area contributed by atoms with Crippen molar-refractivity contribution in [1.29, 1.82) is 0 Å². The van der Waals surface area contributed by atoms with E-state index in [9.17, 15) is 9.59 Å². The topological polar surface area (TPSA) is 62.6 Å². The molecule has 26 heavy (non-hydrogen) atoms. The Balaban J connectivity index is 1.59. The molecule has 0 aliphatic carbocycles. The van der Waals surface area contributed by atoms with E-state index in [-0.39, 0.29) is 11.5 Å². The number of carbonyl (C=O) groups is 1. The fraction of sp³-hybridized carbons (Fsp3) is 0.238. The molecule has 0 unspecified atom stereocenters. The number of anilines is 1. The van der Waals surface area contributed by atoms with Crippen molar-refractivity contribution in [3.8, 4) is 0 Å². The van der Waals surface area contributed by atoms with Crippen LogP contribution in [-0.4, -0.2) is 23.9 Å². The van der Waals surface area contributed by atoms with Crippen LogP contribution < -0.4 is 10.9 Å². The third kappa shape index (κ3) is 4.51. The molecule has 0 radical (unpaired) electrons. The molecule has 0 atom stereocenters. The van der Waals surface area contributed by atoms with Gasteiger partial charge >= 0.3 is 5.63 Å². The number of carbonyl (C=O) groups excluding carboxylic acids is 1. The molecule has 3 rings (SSSR count). The Morgan fingerprint density at radius 2 is 1.81 bits per heavy atom. The summed E-state index contributed by atoms with van der Waals surface area (Å²) >= 11 is 0. The van der Waals surface area contributed by atoms with Crippen LogP contribution in [0, 0.1) is 0 Å². The summed E-state index contributed by atoms with van der Waals surface area (Å²) < 4.78 is 5.20. The van der Waals surface area contributed by atoms with Gasteiger partial charge in [0.25, 0.3) is 0 Å². The second-order valence-electron chi connectivity index (χ2n) is 6.18. The zero-order valence-corrected chi connectivity index (χ0v) is 14.8. The van der Waals surface area contributed by atoms with Crippen molar-refractivity contribution in [3.63, 3.8) is 0 Å². The molecule has 5 heteroatoms. The van der Waals surface area contributed by atoms with Gasteiger partial charge in [-0.15, -0.1) is 0 Å². The van der Waals surface area contributed by atoms with Crippen molar-refractivity contribution in [3.05, 3.63) is 76.6 Å². The monoisotopic (exact) mass is 350 g/mol. The zero-order chi connectivity index (χ0) is 18.4. The Morgan fingerprint density at radius 3 is 2.58 bits per heavy atom. The lowest BCUT2D eigenvalue weighted by Crippen LogP contribution is -2.30. The van der Waals surface area contributed by atoms with Crippen molar-refractivity contribution in [2.45, 2.75) is 19.9 Å². The van der Waals surface area contributed by atoms with Gasteiger partial charge in [-0.3, -0.25) is 4.79 Å². The Labute approximate surface area is 152 Å². The zero-order valence-electron chi connectivity index (χ0n) is 14.8. The summed E-state index contributed by atoms with van der Waals surface area (Å²) in [6, 6.07) is 18.8. The quantitative estimate of drug-likeness (QED) is 0.522. The SMILES string of the molecule is CC(=O)N(CCCNc1cc(=O)oc2ccccc12)Cc1ccccc1. The summed E-state index contributed by atoms with van der Waals surface area (Å²) in [6.07, 6.45) is 0.779. The molecule has 0 aliphatic heterocycles. The molecular formula is C21H22N2O3. The smallest absolute Gasteiger partial charge is 0.338 e. The number of rotatable bonds is 7. The van der Waals surface area contributed by atoms with Gasteiger partial charge in [-0.2, -0.15) is 0 Å². The second kappa shape index (κ2) is 8.34. The Kier molecular flexibility index (Phi) is 5.69. The van der Waals surface area contributed by atoms with E-state index < -0.39 is 0 Å². The highest BCUT2D eigenvalue weighted by molar-refractivity contribution is 5.89. The molecule has 0 saturated heterocycles. The summed E-state index contributed by atoms with van der Waals surface area (Å²) in [5, 5.41) is 4.16. The predicted octanol–water partition coefficient (Wildman–Crippen LogP) is 3.64. The van der Waals surface area contributed by atoms with E-state index in [1.807, 2.05) is 53.4 Å². The van der Waals surface area contributed by atoms with Gasteiger partial charge in [0.05, 0.1) is 5.69 Å². The fourth-order valence-corrected chi connectivity index (χ4v) is 2.90. The first kappa shape index (κ1) is 17.7. The third-order valence-electron chi connectivity index (χ3n) is 4.23. The van der Waals surface area contributed by atoms with Crippen LogP contribution in [0.1, 0.15) is 18.9 Å². The molecule has 3 aromatic rings. The maximum atomic E-state index is 11.9. The molecule has 1 heterocycles. The highest BCUT2D eigenvalue weighted by Gasteiger charge is 2.09. The molecule has 0 saturated carbocycles. The number of nitrogens with one attached hydrogen (secondary N) is 1. The van der Waals surface area contributed by atoms with Gasteiger partial charge in [-0.05, 0) is 24.1 Å². The van der Waals surface area contributed by atoms with Crippen molar-refractivity contribution in [2.75, 3.05) is 18.4 Å². The van der Waals surface area contributed by atoms with Gasteiger partial charge in [-0.25, -0.2) is 4.79 Å². The second-order valence-corrected chi connectivity index (χ2v) is 6.18. The van der Waals surface area contributed by atoms with Crippen molar-refractivity contribution < 1.29 is 9.21 Å². The van der Waals surface area contributed by atoms with Gasteiger partial charge in [0, 0.05) is 38.0 Å². The average Bonchev–Trinajstić information content (AvgIpc) is 2.64. The molecule has 0 aliphatic rings. The van der Waals surface area contributed by atoms with E-state index in [4.69, 9.17) is 4.42 Å². The molecule has 2 aromatic carbocycles. The lowest BCUT2D eigenvalue weighted by atomic mass is 10.2. The highest BCUT2D eigenvalue weighted by atomic mass is 16.4. The Hall–Kier alpha value is -3.08. The number of nitrogens with zero attached hydrogens (tertiary/aromatic N) is 1. The summed E-state index contributed by atoms with van der Waals surface area (Å²) in [5.41, 5.74) is 2.06. The van der Waals surface area contributed by atoms with Gasteiger partial charge in [0.2, 0.25) is 5.91 Å². The first-order valence-corrected chi connectivity index (χ1v) is 8.70. The minimum Gasteiger partial charge on any atom is -0.423 e. The number of para-hydroxylation sites is 1. The third-order valence-corrected chi connectivity index (χ3v) is 4.23. The predicted molar refractivity (Wildman–Crippen MR) is 103 cm³/mol. The van der Waals surface area contributed by atoms with Crippen LogP contribution in [-0.2, 0) is 11.3 Å². The van der Waals surface area contributed by atoms with E-state index in [1.165, 1.54) is 6.07 Å². The molecule has 1 aromatic heterocycles. The van der Waals surface area contributed by atoms with E-state index >= 15 is 0 Å². The number of amides is 1. The number of fused-ring (bicyclic) bond motifs is 1. The Morgan fingerprint density at radius 1 is 1.08 bits per heavy atom. The van der Waals surface area contributed by atoms with Gasteiger partial charge in [-0.1, -0.05) is 42.5 Å². The summed E-state index contributed by atoms with van der Waals surface area (Å²) in [5.74, 6) is 0.0552. The summed E-state index contributed by atoms with van der Waals surface area (Å²) in [4.78, 5) is 25.4. The standard InChI is InChI=1S/C21H22N2O3/c1-16(24)23(15-17-8-3-2-4-9-17)13-7-12-22-19-14-21(25)26-20-11-6-5-10-18(19)20/h2-6,8-11,14,22H,7,12-13,15H2,1H3. The van der Waals surface area contributed by atoms with Crippen LogP contribution in [0.15, 0.2) is 69.9 Å². The first-order valence-electron chi connectivity index (χ1n) is 8.70. The normalized spacial score (nSPS) is 10.7. The number of benzene rings is 2. The van der Waals surface area contributed by atoms with Crippen LogP contribution in [0.25, 0.3) is 11.0 Å². The average molecular weight is 350 g/mol. The minimum absolute atomic E-state index is 0.0552. The lowest BCUT2D eigenvalue weighted by Gasteiger charge is -2.21. The maximum absolute atomic E-state index is 11.9. The fourth-order valence-electron chi connectivity index (χ4n) is 2.90. The molecular weight excluding hydrogens is 328 g/mol. The van der Waals surface area contributed by atoms with Crippen molar-refractivity contribution >= 4 is 22.6 Å². The van der Waals surface area contributed by atoms with Gasteiger partial charge in [0.15, 0.2) is 0 Å². The largest absolute Gasteiger partial charge is 0.423 e. The van der Waals surface area contributed by atoms with Crippen LogP contribution in [0.4, 0.5) is 5.69 Å². The van der Waals surface area contributed by atoms with E-state index in [2.05, 4.69) is 5.32 Å². The van der Waals surface area contributed by atoms with Crippen LogP contribution in [0.5, 0.6) is 0 Å². The van der Waals surface area contributed by atoms with Crippen LogP contribution >= 0.6 is 0 Å². The van der Waals surface area contributed by atoms with Crippen LogP contribution in [0.2, 0.25) is 0 Å². The first-order chi connectivity index (χ1) is 12.6.